The Morgan fingerprint density at radius 3 is 3.00 bits per heavy atom. The molecule has 0 bridgehead atoms. The first-order chi connectivity index (χ1) is 7.66. The molecule has 0 fully saturated rings. The zero-order valence-corrected chi connectivity index (χ0v) is 9.94. The highest BCUT2D eigenvalue weighted by Crippen LogP contribution is 2.33. The molecule has 0 aromatic heterocycles. The Bertz CT molecular complexity index is 363. The van der Waals surface area contributed by atoms with Gasteiger partial charge < -0.3 is 14.7 Å². The van der Waals surface area contributed by atoms with Gasteiger partial charge in [-0.05, 0) is 50.2 Å². The van der Waals surface area contributed by atoms with Gasteiger partial charge in [-0.1, -0.05) is 6.07 Å². The lowest BCUT2D eigenvalue weighted by Crippen LogP contribution is -2.19. The van der Waals surface area contributed by atoms with E-state index in [-0.39, 0.29) is 6.10 Å². The van der Waals surface area contributed by atoms with Crippen LogP contribution in [0.15, 0.2) is 18.2 Å². The second kappa shape index (κ2) is 4.85. The van der Waals surface area contributed by atoms with Gasteiger partial charge in [0.15, 0.2) is 0 Å². The van der Waals surface area contributed by atoms with Crippen LogP contribution in [-0.4, -0.2) is 37.3 Å². The first-order valence-corrected chi connectivity index (χ1v) is 5.75. The van der Waals surface area contributed by atoms with Crippen molar-refractivity contribution in [2.75, 3.05) is 27.2 Å². The zero-order chi connectivity index (χ0) is 11.5. The van der Waals surface area contributed by atoms with Crippen molar-refractivity contribution in [3.05, 3.63) is 29.3 Å². The van der Waals surface area contributed by atoms with E-state index in [4.69, 9.17) is 4.74 Å². The van der Waals surface area contributed by atoms with Crippen molar-refractivity contribution in [1.29, 1.82) is 0 Å². The number of nitrogens with zero attached hydrogens (tertiary/aromatic N) is 1. The lowest BCUT2D eigenvalue weighted by Gasteiger charge is -2.12. The van der Waals surface area contributed by atoms with E-state index < -0.39 is 0 Å². The van der Waals surface area contributed by atoms with Crippen LogP contribution in [-0.2, 0) is 6.42 Å². The maximum atomic E-state index is 9.67. The van der Waals surface area contributed by atoms with Crippen LogP contribution < -0.4 is 4.74 Å². The van der Waals surface area contributed by atoms with E-state index in [2.05, 4.69) is 11.0 Å². The number of hydrogen-bond acceptors (Lipinski definition) is 3. The van der Waals surface area contributed by atoms with E-state index in [9.17, 15) is 5.11 Å². The molecule has 0 amide bonds. The summed E-state index contributed by atoms with van der Waals surface area (Å²) >= 11 is 0. The number of fused-ring (bicyclic) bond motifs is 1. The van der Waals surface area contributed by atoms with Crippen molar-refractivity contribution >= 4 is 0 Å². The minimum atomic E-state index is -0.272. The van der Waals surface area contributed by atoms with Crippen molar-refractivity contribution in [2.45, 2.75) is 18.9 Å². The number of likely N-dealkylation sites (N-methyl/N-ethyl adjacent to an activating group) is 1. The molecule has 2 rings (SSSR count). The summed E-state index contributed by atoms with van der Waals surface area (Å²) in [5, 5.41) is 9.67. The maximum absolute atomic E-state index is 9.67. The third kappa shape index (κ3) is 2.54. The van der Waals surface area contributed by atoms with Crippen molar-refractivity contribution < 1.29 is 9.84 Å². The van der Waals surface area contributed by atoms with E-state index in [0.29, 0.717) is 6.61 Å². The monoisotopic (exact) mass is 221 g/mol. The second-order valence-electron chi connectivity index (χ2n) is 4.57. The van der Waals surface area contributed by atoms with Crippen molar-refractivity contribution in [1.82, 2.24) is 4.90 Å². The number of ether oxygens (including phenoxy) is 1. The lowest BCUT2D eigenvalue weighted by molar-refractivity contribution is 0.180. The fourth-order valence-corrected chi connectivity index (χ4v) is 2.01. The molecule has 1 N–H and O–H groups in total. The smallest absolute Gasteiger partial charge is 0.119 e. The van der Waals surface area contributed by atoms with Crippen molar-refractivity contribution in [3.8, 4) is 5.75 Å². The number of benzene rings is 1. The van der Waals surface area contributed by atoms with Crippen LogP contribution in [0, 0.1) is 0 Å². The molecular formula is C13H19NO2. The molecule has 1 aromatic carbocycles. The number of aryl methyl sites for hydroxylation is 1. The van der Waals surface area contributed by atoms with Gasteiger partial charge in [-0.2, -0.15) is 0 Å². The van der Waals surface area contributed by atoms with E-state index in [1.807, 2.05) is 26.2 Å². The molecule has 1 atom stereocenters. The summed E-state index contributed by atoms with van der Waals surface area (Å²) in [6, 6.07) is 5.99. The topological polar surface area (TPSA) is 32.7 Å². The fourth-order valence-electron chi connectivity index (χ4n) is 2.01. The highest BCUT2D eigenvalue weighted by atomic mass is 16.5. The third-order valence-corrected chi connectivity index (χ3v) is 2.97. The zero-order valence-electron chi connectivity index (χ0n) is 9.94. The van der Waals surface area contributed by atoms with E-state index in [0.717, 1.165) is 30.7 Å². The van der Waals surface area contributed by atoms with Crippen LogP contribution in [0.5, 0.6) is 5.75 Å². The molecule has 0 saturated carbocycles. The van der Waals surface area contributed by atoms with Gasteiger partial charge in [0, 0.05) is 6.54 Å². The van der Waals surface area contributed by atoms with Gasteiger partial charge in [0.05, 0.1) is 6.10 Å². The van der Waals surface area contributed by atoms with Crippen LogP contribution in [0.2, 0.25) is 0 Å². The summed E-state index contributed by atoms with van der Waals surface area (Å²) < 4.78 is 5.65. The number of rotatable bonds is 4. The van der Waals surface area contributed by atoms with Crippen LogP contribution in [0.1, 0.15) is 23.7 Å². The molecule has 0 unspecified atom stereocenters. The van der Waals surface area contributed by atoms with E-state index >= 15 is 0 Å². The first kappa shape index (κ1) is 11.4. The highest BCUT2D eigenvalue weighted by Gasteiger charge is 2.20. The molecule has 0 spiro atoms. The Labute approximate surface area is 96.6 Å². The quantitative estimate of drug-likeness (QED) is 0.838. The van der Waals surface area contributed by atoms with Crippen LogP contribution in [0.25, 0.3) is 0 Å². The molecule has 3 heteroatoms. The van der Waals surface area contributed by atoms with Crippen LogP contribution >= 0.6 is 0 Å². The van der Waals surface area contributed by atoms with Crippen LogP contribution in [0.3, 0.4) is 0 Å². The standard InChI is InChI=1S/C13H19NO2/c1-14(2)7-8-16-11-4-5-12-10(9-11)3-6-13(12)15/h4-5,9,13,15H,3,6-8H2,1-2H3/t13-/m0/s1. The average Bonchev–Trinajstić information content (AvgIpc) is 2.60. The molecule has 0 aliphatic heterocycles. The van der Waals surface area contributed by atoms with Crippen LogP contribution in [0.4, 0.5) is 0 Å². The van der Waals surface area contributed by atoms with Crippen molar-refractivity contribution in [3.63, 3.8) is 0 Å². The van der Waals surface area contributed by atoms with Crippen molar-refractivity contribution in [2.24, 2.45) is 0 Å². The fraction of sp³-hybridized carbons (Fsp3) is 0.538. The van der Waals surface area contributed by atoms with Gasteiger partial charge in [0.1, 0.15) is 12.4 Å². The predicted octanol–water partition coefficient (Wildman–Crippen LogP) is 1.61. The number of hydrogen-bond donors (Lipinski definition) is 1. The summed E-state index contributed by atoms with van der Waals surface area (Å²) in [6.07, 6.45) is 1.53. The summed E-state index contributed by atoms with van der Waals surface area (Å²) in [6.45, 7) is 1.62. The molecule has 1 aliphatic carbocycles. The summed E-state index contributed by atoms with van der Waals surface area (Å²) in [4.78, 5) is 2.09. The Morgan fingerprint density at radius 2 is 2.25 bits per heavy atom. The predicted molar refractivity (Wildman–Crippen MR) is 63.8 cm³/mol. The Kier molecular flexibility index (Phi) is 3.46. The molecule has 88 valence electrons. The summed E-state index contributed by atoms with van der Waals surface area (Å²) in [7, 11) is 4.06. The maximum Gasteiger partial charge on any atom is 0.119 e. The lowest BCUT2D eigenvalue weighted by atomic mass is 10.1. The SMILES string of the molecule is CN(C)CCOc1ccc2c(c1)CC[C@@H]2O. The summed E-state index contributed by atoms with van der Waals surface area (Å²) in [5.74, 6) is 0.912. The third-order valence-electron chi connectivity index (χ3n) is 2.97. The first-order valence-electron chi connectivity index (χ1n) is 5.75. The van der Waals surface area contributed by atoms with Gasteiger partial charge in [-0.25, -0.2) is 0 Å². The van der Waals surface area contributed by atoms with Gasteiger partial charge >= 0.3 is 0 Å². The molecule has 3 nitrogen and oxygen atoms in total. The molecule has 1 aliphatic rings. The van der Waals surface area contributed by atoms with Gasteiger partial charge in [-0.3, -0.25) is 0 Å². The van der Waals surface area contributed by atoms with Gasteiger partial charge in [-0.15, -0.1) is 0 Å². The van der Waals surface area contributed by atoms with E-state index in [1.165, 1.54) is 5.56 Å². The Hall–Kier alpha value is -1.06. The minimum Gasteiger partial charge on any atom is -0.492 e. The summed E-state index contributed by atoms with van der Waals surface area (Å²) in [5.41, 5.74) is 2.30. The molecular weight excluding hydrogens is 202 g/mol. The number of aliphatic hydroxyl groups excluding tert-OH is 1. The molecule has 0 saturated heterocycles. The largest absolute Gasteiger partial charge is 0.492 e. The van der Waals surface area contributed by atoms with E-state index in [1.54, 1.807) is 0 Å². The second-order valence-corrected chi connectivity index (χ2v) is 4.57. The molecule has 1 aromatic rings. The normalized spacial score (nSPS) is 18.9. The Balaban J connectivity index is 1.97. The van der Waals surface area contributed by atoms with Gasteiger partial charge in [0.2, 0.25) is 0 Å². The minimum absolute atomic E-state index is 0.272. The molecule has 0 radical (unpaired) electrons. The highest BCUT2D eigenvalue weighted by molar-refractivity contribution is 5.39. The van der Waals surface area contributed by atoms with Gasteiger partial charge in [0.25, 0.3) is 0 Å². The molecule has 16 heavy (non-hydrogen) atoms. The number of aliphatic hydroxyl groups is 1. The molecule has 0 heterocycles. The average molecular weight is 221 g/mol. The Morgan fingerprint density at radius 1 is 1.44 bits per heavy atom.